The monoisotopic (exact) mass is 574 g/mol. The van der Waals surface area contributed by atoms with Crippen molar-refractivity contribution in [2.45, 2.75) is 138 Å². The van der Waals surface area contributed by atoms with Crippen LogP contribution in [0.1, 0.15) is 130 Å². The van der Waals surface area contributed by atoms with E-state index in [2.05, 4.69) is 79.7 Å². The Hall–Kier alpha value is -2.20. The summed E-state index contributed by atoms with van der Waals surface area (Å²) in [5.41, 5.74) is 3.69. The molecule has 0 saturated heterocycles. The second-order valence-electron chi connectivity index (χ2n) is 14.8. The van der Waals surface area contributed by atoms with Crippen molar-refractivity contribution in [3.05, 3.63) is 68.1 Å². The number of quaternary nitrogens is 2. The van der Waals surface area contributed by atoms with Gasteiger partial charge in [0.05, 0.1) is 0 Å². The summed E-state index contributed by atoms with van der Waals surface area (Å²) in [7, 11) is 0. The van der Waals surface area contributed by atoms with Crippen LogP contribution in [0, 0.1) is 10.4 Å². The number of nitrogens with one attached hydrogen (secondary N) is 2. The Kier molecular flexibility index (Phi) is 11.1. The van der Waals surface area contributed by atoms with Crippen molar-refractivity contribution in [3.63, 3.8) is 0 Å². The number of hydrogen-bond donors (Lipinski definition) is 2. The third-order valence-electron chi connectivity index (χ3n) is 6.41. The Morgan fingerprint density at radius 1 is 0.561 bits per heavy atom. The van der Waals surface area contributed by atoms with E-state index in [1.54, 1.807) is 0 Å². The zero-order valence-electron chi connectivity index (χ0n) is 27.9. The fourth-order valence-corrected chi connectivity index (χ4v) is 4.45. The minimum atomic E-state index is -0.753. The lowest BCUT2D eigenvalue weighted by atomic mass is 9.81. The Morgan fingerprint density at radius 3 is 1.12 bits per heavy atom. The first kappa shape index (κ1) is 35.0. The van der Waals surface area contributed by atoms with E-state index in [4.69, 9.17) is 19.4 Å². The highest BCUT2D eigenvalue weighted by Gasteiger charge is 2.30. The zero-order chi connectivity index (χ0) is 31.6. The van der Waals surface area contributed by atoms with Gasteiger partial charge in [-0.2, -0.15) is 9.68 Å². The number of benzene rings is 2. The second kappa shape index (κ2) is 13.0. The molecule has 0 amide bonds. The topological polar surface area (TPSA) is 91.9 Å². The van der Waals surface area contributed by atoms with Gasteiger partial charge >= 0.3 is 0 Å². The van der Waals surface area contributed by atoms with Crippen molar-refractivity contribution in [2.75, 3.05) is 0 Å². The fourth-order valence-electron chi connectivity index (χ4n) is 4.45. The molecule has 2 aromatic carbocycles. The number of rotatable bonds is 10. The molecule has 2 unspecified atom stereocenters. The van der Waals surface area contributed by atoms with Crippen LogP contribution in [0.5, 0.6) is 11.5 Å². The summed E-state index contributed by atoms with van der Waals surface area (Å²) < 4.78 is 0. The van der Waals surface area contributed by atoms with Gasteiger partial charge in [0.1, 0.15) is 11.2 Å². The third kappa shape index (κ3) is 10.5. The highest BCUT2D eigenvalue weighted by atomic mass is 17.1. The molecule has 0 radical (unpaired) electrons. The van der Waals surface area contributed by atoms with Crippen molar-refractivity contribution in [1.29, 1.82) is 0 Å². The molecule has 2 rings (SSSR count). The standard InChI is InChI=1S/C33H54N2O6/c1-15-22-17-24(28(26(19-22)30(3,4)5)38-34(36)40-32(9,10)11)21-25-18-23(16-2)20-27(31(6,7)8)29(25)39-35(37)41-33(12,13)14/h17-20,34-35H,15-16,21H2,1-14H3. The molecule has 0 bridgehead atoms. The average Bonchev–Trinajstić information content (AvgIpc) is 2.76. The summed E-state index contributed by atoms with van der Waals surface area (Å²) in [6.45, 7) is 27.7. The van der Waals surface area contributed by atoms with E-state index in [1.807, 2.05) is 41.5 Å². The van der Waals surface area contributed by atoms with Crippen LogP contribution < -0.4 is 20.5 Å². The molecule has 0 saturated carbocycles. The molecule has 0 spiro atoms. The lowest BCUT2D eigenvalue weighted by molar-refractivity contribution is -1.19. The number of hydrogen-bond acceptors (Lipinski definition) is 6. The Morgan fingerprint density at radius 2 is 0.878 bits per heavy atom. The first-order chi connectivity index (χ1) is 18.5. The maximum absolute atomic E-state index is 13.0. The van der Waals surface area contributed by atoms with Gasteiger partial charge in [-0.15, -0.1) is 0 Å². The smallest absolute Gasteiger partial charge is 0.202 e. The SMILES string of the molecule is CCc1cc(Cc2cc(CC)cc(C(C)(C)C)c2O[NH+]([O-])OC(C)(C)C)c(O[NH+]([O-])OC(C)(C)C)c(C(C)(C)C)c1. The Labute approximate surface area is 247 Å². The van der Waals surface area contributed by atoms with Gasteiger partial charge in [-0.25, -0.2) is 0 Å². The highest BCUT2D eigenvalue weighted by Crippen LogP contribution is 2.40. The lowest BCUT2D eigenvalue weighted by Gasteiger charge is -2.31. The van der Waals surface area contributed by atoms with E-state index in [9.17, 15) is 10.4 Å². The molecule has 0 heterocycles. The molecule has 8 nitrogen and oxygen atoms in total. The Bertz CT molecular complexity index is 1080. The molecule has 0 aromatic heterocycles. The van der Waals surface area contributed by atoms with Crippen LogP contribution in [0.25, 0.3) is 0 Å². The minimum Gasteiger partial charge on any atom is -0.556 e. The summed E-state index contributed by atoms with van der Waals surface area (Å²) in [4.78, 5) is 23.1. The van der Waals surface area contributed by atoms with Gasteiger partial charge in [0, 0.05) is 28.7 Å². The van der Waals surface area contributed by atoms with E-state index in [0.29, 0.717) is 17.9 Å². The largest absolute Gasteiger partial charge is 0.556 e. The maximum Gasteiger partial charge on any atom is 0.202 e. The van der Waals surface area contributed by atoms with Crippen LogP contribution in [-0.2, 0) is 39.8 Å². The molecule has 0 aliphatic carbocycles. The molecule has 8 heteroatoms. The molecule has 0 aliphatic heterocycles. The van der Waals surface area contributed by atoms with Crippen molar-refractivity contribution < 1.29 is 30.1 Å². The second-order valence-corrected chi connectivity index (χ2v) is 14.8. The fraction of sp³-hybridized carbons (Fsp3) is 0.636. The summed E-state index contributed by atoms with van der Waals surface area (Å²) >= 11 is 0. The third-order valence-corrected chi connectivity index (χ3v) is 6.41. The summed E-state index contributed by atoms with van der Waals surface area (Å²) in [5, 5.41) is 24.4. The molecule has 41 heavy (non-hydrogen) atoms. The van der Waals surface area contributed by atoms with Crippen molar-refractivity contribution in [3.8, 4) is 11.5 Å². The zero-order valence-corrected chi connectivity index (χ0v) is 27.9. The van der Waals surface area contributed by atoms with E-state index < -0.39 is 22.0 Å². The average molecular weight is 575 g/mol. The molecule has 2 N–H and O–H groups in total. The highest BCUT2D eigenvalue weighted by molar-refractivity contribution is 5.54. The van der Waals surface area contributed by atoms with Gasteiger partial charge < -0.3 is 10.4 Å². The van der Waals surface area contributed by atoms with Crippen molar-refractivity contribution in [2.24, 2.45) is 0 Å². The predicted molar refractivity (Wildman–Crippen MR) is 163 cm³/mol. The molecule has 2 atom stereocenters. The summed E-state index contributed by atoms with van der Waals surface area (Å²) in [6, 6.07) is 8.35. The minimum absolute atomic E-state index is 0.311. The normalized spacial score (nSPS) is 14.6. The van der Waals surface area contributed by atoms with Crippen molar-refractivity contribution >= 4 is 0 Å². The molecule has 232 valence electrons. The van der Waals surface area contributed by atoms with E-state index >= 15 is 0 Å². The molecule has 2 aromatic rings. The van der Waals surface area contributed by atoms with Gasteiger partial charge in [-0.05, 0) is 87.1 Å². The van der Waals surface area contributed by atoms with Crippen LogP contribution in [0.2, 0.25) is 0 Å². The van der Waals surface area contributed by atoms with E-state index in [-0.39, 0.29) is 10.8 Å². The molecule has 0 aliphatic rings. The van der Waals surface area contributed by atoms with Gasteiger partial charge in [-0.1, -0.05) is 79.7 Å². The van der Waals surface area contributed by atoms with Crippen LogP contribution in [0.15, 0.2) is 24.3 Å². The van der Waals surface area contributed by atoms with Crippen LogP contribution in [0.3, 0.4) is 0 Å². The van der Waals surface area contributed by atoms with Crippen LogP contribution in [-0.4, -0.2) is 11.2 Å². The van der Waals surface area contributed by atoms with Crippen LogP contribution >= 0.6 is 0 Å². The Balaban J connectivity index is 2.82. The molecular formula is C33H54N2O6. The predicted octanol–water partition coefficient (Wildman–Crippen LogP) is 5.81. The molecular weight excluding hydrogens is 520 g/mol. The maximum atomic E-state index is 13.0. The van der Waals surface area contributed by atoms with Gasteiger partial charge in [-0.3, -0.25) is 9.68 Å². The van der Waals surface area contributed by atoms with Crippen molar-refractivity contribution in [1.82, 2.24) is 0 Å². The number of aryl methyl sites for hydroxylation is 2. The quantitative estimate of drug-likeness (QED) is 0.348. The van der Waals surface area contributed by atoms with E-state index in [0.717, 1.165) is 46.2 Å². The van der Waals surface area contributed by atoms with Crippen LogP contribution in [0.4, 0.5) is 0 Å². The van der Waals surface area contributed by atoms with Gasteiger partial charge in [0.2, 0.25) is 11.5 Å². The van der Waals surface area contributed by atoms with Gasteiger partial charge in [0.15, 0.2) is 0 Å². The first-order valence-electron chi connectivity index (χ1n) is 14.7. The summed E-state index contributed by atoms with van der Waals surface area (Å²) in [6.07, 6.45) is 2.00. The van der Waals surface area contributed by atoms with E-state index in [1.165, 1.54) is 0 Å². The molecule has 0 fully saturated rings. The summed E-state index contributed by atoms with van der Waals surface area (Å²) in [5.74, 6) is 0.956. The first-order valence-corrected chi connectivity index (χ1v) is 14.7. The van der Waals surface area contributed by atoms with Gasteiger partial charge in [0.25, 0.3) is 0 Å². The lowest BCUT2D eigenvalue weighted by Crippen LogP contribution is -3.09.